The van der Waals surface area contributed by atoms with Gasteiger partial charge in [0.05, 0.1) is 9.40 Å². The van der Waals surface area contributed by atoms with E-state index in [4.69, 9.17) is 0 Å². The van der Waals surface area contributed by atoms with E-state index in [9.17, 15) is 10.1 Å². The van der Waals surface area contributed by atoms with E-state index in [0.29, 0.717) is 15.4 Å². The average Bonchev–Trinajstić information content (AvgIpc) is 2.39. The van der Waals surface area contributed by atoms with Crippen molar-refractivity contribution in [2.75, 3.05) is 0 Å². The number of hydrogen-bond acceptors (Lipinski definition) is 5. The second-order valence-corrected chi connectivity index (χ2v) is 5.67. The Morgan fingerprint density at radius 1 is 1.37 bits per heavy atom. The van der Waals surface area contributed by atoms with Gasteiger partial charge in [0.2, 0.25) is 0 Å². The SMILES string of the molecule is Cc1cnc(SCc2ccc(Br)c([N+](=O)[O-])c2)nc1. The standard InChI is InChI=1S/C12H10BrN3O2S/c1-8-5-14-12(15-6-8)19-7-9-2-3-10(13)11(4-9)16(17)18/h2-6H,7H2,1H3. The van der Waals surface area contributed by atoms with Crippen LogP contribution in [0.2, 0.25) is 0 Å². The molecule has 0 aliphatic heterocycles. The molecule has 98 valence electrons. The number of nitrogens with zero attached hydrogens (tertiary/aromatic N) is 3. The van der Waals surface area contributed by atoms with Gasteiger partial charge in [-0.2, -0.15) is 0 Å². The fourth-order valence-electron chi connectivity index (χ4n) is 1.39. The van der Waals surface area contributed by atoms with Crippen LogP contribution in [0.15, 0.2) is 40.2 Å². The third kappa shape index (κ3) is 3.74. The van der Waals surface area contributed by atoms with E-state index in [1.807, 2.05) is 13.0 Å². The molecule has 0 saturated heterocycles. The van der Waals surface area contributed by atoms with Gasteiger partial charge in [0.25, 0.3) is 5.69 Å². The molecule has 0 aliphatic rings. The van der Waals surface area contributed by atoms with Crippen LogP contribution in [0.4, 0.5) is 5.69 Å². The van der Waals surface area contributed by atoms with Crippen molar-refractivity contribution in [2.24, 2.45) is 0 Å². The molecule has 0 N–H and O–H groups in total. The zero-order valence-corrected chi connectivity index (χ0v) is 12.4. The molecule has 1 aromatic heterocycles. The highest BCUT2D eigenvalue weighted by Crippen LogP contribution is 2.28. The predicted molar refractivity (Wildman–Crippen MR) is 77.1 cm³/mol. The molecule has 2 aromatic rings. The molecule has 1 aromatic carbocycles. The average molecular weight is 340 g/mol. The smallest absolute Gasteiger partial charge is 0.258 e. The van der Waals surface area contributed by atoms with Crippen LogP contribution < -0.4 is 0 Å². The van der Waals surface area contributed by atoms with Gasteiger partial charge in [0, 0.05) is 24.2 Å². The summed E-state index contributed by atoms with van der Waals surface area (Å²) in [5.74, 6) is 0.594. The number of thioether (sulfide) groups is 1. The second kappa shape index (κ2) is 6.12. The lowest BCUT2D eigenvalue weighted by atomic mass is 10.2. The molecule has 2 rings (SSSR count). The van der Waals surface area contributed by atoms with E-state index in [1.54, 1.807) is 24.5 Å². The zero-order chi connectivity index (χ0) is 13.8. The molecule has 0 saturated carbocycles. The van der Waals surface area contributed by atoms with E-state index in [0.717, 1.165) is 11.1 Å². The van der Waals surface area contributed by atoms with E-state index < -0.39 is 4.92 Å². The molecule has 7 heteroatoms. The van der Waals surface area contributed by atoms with Crippen molar-refractivity contribution < 1.29 is 4.92 Å². The lowest BCUT2D eigenvalue weighted by Crippen LogP contribution is -1.92. The summed E-state index contributed by atoms with van der Waals surface area (Å²) in [4.78, 5) is 18.8. The van der Waals surface area contributed by atoms with Gasteiger partial charge in [-0.25, -0.2) is 9.97 Å². The largest absolute Gasteiger partial charge is 0.283 e. The van der Waals surface area contributed by atoms with Gasteiger partial charge in [-0.05, 0) is 40.0 Å². The van der Waals surface area contributed by atoms with E-state index in [-0.39, 0.29) is 5.69 Å². The maximum Gasteiger partial charge on any atom is 0.283 e. The molecule has 1 heterocycles. The van der Waals surface area contributed by atoms with Crippen LogP contribution in [0.25, 0.3) is 0 Å². The highest BCUT2D eigenvalue weighted by atomic mass is 79.9. The van der Waals surface area contributed by atoms with Crippen LogP contribution >= 0.6 is 27.7 Å². The van der Waals surface area contributed by atoms with Crippen molar-refractivity contribution in [3.8, 4) is 0 Å². The number of aryl methyl sites for hydroxylation is 1. The number of hydrogen-bond donors (Lipinski definition) is 0. The van der Waals surface area contributed by atoms with E-state index in [1.165, 1.54) is 11.8 Å². The van der Waals surface area contributed by atoms with E-state index >= 15 is 0 Å². The van der Waals surface area contributed by atoms with Gasteiger partial charge >= 0.3 is 0 Å². The Hall–Kier alpha value is -1.47. The number of nitro groups is 1. The predicted octanol–water partition coefficient (Wildman–Crippen LogP) is 3.75. The Bertz CT molecular complexity index is 604. The Kier molecular flexibility index (Phi) is 4.49. The third-order valence-corrected chi connectivity index (χ3v) is 3.95. The number of nitro benzene ring substituents is 1. The van der Waals surface area contributed by atoms with E-state index in [2.05, 4.69) is 25.9 Å². The van der Waals surface area contributed by atoms with Crippen LogP contribution in [0, 0.1) is 17.0 Å². The first-order valence-corrected chi connectivity index (χ1v) is 7.18. The van der Waals surface area contributed by atoms with Gasteiger partial charge in [0.1, 0.15) is 0 Å². The Balaban J connectivity index is 2.09. The number of aromatic nitrogens is 2. The van der Waals surface area contributed by atoms with Gasteiger partial charge < -0.3 is 0 Å². The lowest BCUT2D eigenvalue weighted by molar-refractivity contribution is -0.385. The number of rotatable bonds is 4. The van der Waals surface area contributed by atoms with Gasteiger partial charge in [-0.3, -0.25) is 10.1 Å². The molecule has 0 radical (unpaired) electrons. The van der Waals surface area contributed by atoms with Crippen LogP contribution in [0.1, 0.15) is 11.1 Å². The summed E-state index contributed by atoms with van der Waals surface area (Å²) in [7, 11) is 0. The van der Waals surface area contributed by atoms with Gasteiger partial charge in [-0.1, -0.05) is 17.8 Å². The van der Waals surface area contributed by atoms with Crippen molar-refractivity contribution in [1.82, 2.24) is 9.97 Å². The highest BCUT2D eigenvalue weighted by Gasteiger charge is 2.12. The monoisotopic (exact) mass is 339 g/mol. The summed E-state index contributed by atoms with van der Waals surface area (Å²) < 4.78 is 0.484. The molecule has 0 amide bonds. The third-order valence-electron chi connectivity index (χ3n) is 2.33. The summed E-state index contributed by atoms with van der Waals surface area (Å²) in [5.41, 5.74) is 1.94. The van der Waals surface area contributed by atoms with Crippen LogP contribution in [-0.4, -0.2) is 14.9 Å². The summed E-state index contributed by atoms with van der Waals surface area (Å²) in [6, 6.07) is 5.09. The minimum atomic E-state index is -0.402. The van der Waals surface area contributed by atoms with Crippen LogP contribution in [0.5, 0.6) is 0 Å². The maximum absolute atomic E-state index is 10.8. The molecule has 0 spiro atoms. The van der Waals surface area contributed by atoms with Crippen molar-refractivity contribution in [1.29, 1.82) is 0 Å². The fourth-order valence-corrected chi connectivity index (χ4v) is 2.51. The van der Waals surface area contributed by atoms with Crippen molar-refractivity contribution in [3.63, 3.8) is 0 Å². The molecule has 5 nitrogen and oxygen atoms in total. The molecular formula is C12H10BrN3O2S. The van der Waals surface area contributed by atoms with Crippen molar-refractivity contribution >= 4 is 33.4 Å². The normalized spacial score (nSPS) is 10.4. The summed E-state index contributed by atoms with van der Waals surface area (Å²) in [6.07, 6.45) is 3.50. The van der Waals surface area contributed by atoms with Crippen molar-refractivity contribution in [3.05, 3.63) is 56.3 Å². The molecule has 19 heavy (non-hydrogen) atoms. The molecular weight excluding hydrogens is 330 g/mol. The van der Waals surface area contributed by atoms with Crippen LogP contribution in [0.3, 0.4) is 0 Å². The van der Waals surface area contributed by atoms with Gasteiger partial charge in [0.15, 0.2) is 5.16 Å². The van der Waals surface area contributed by atoms with Crippen molar-refractivity contribution in [2.45, 2.75) is 17.8 Å². The zero-order valence-electron chi connectivity index (χ0n) is 10.0. The Morgan fingerprint density at radius 2 is 2.05 bits per heavy atom. The molecule has 0 fully saturated rings. The fraction of sp³-hybridized carbons (Fsp3) is 0.167. The first-order chi connectivity index (χ1) is 9.06. The van der Waals surface area contributed by atoms with Crippen LogP contribution in [-0.2, 0) is 5.75 Å². The molecule has 0 atom stereocenters. The highest BCUT2D eigenvalue weighted by molar-refractivity contribution is 9.10. The maximum atomic E-state index is 10.8. The lowest BCUT2D eigenvalue weighted by Gasteiger charge is -2.02. The minimum Gasteiger partial charge on any atom is -0.258 e. The molecule has 0 unspecified atom stereocenters. The Morgan fingerprint density at radius 3 is 2.68 bits per heavy atom. The number of halogens is 1. The minimum absolute atomic E-state index is 0.0722. The summed E-state index contributed by atoms with van der Waals surface area (Å²) in [5, 5.41) is 11.5. The quantitative estimate of drug-likeness (QED) is 0.367. The summed E-state index contributed by atoms with van der Waals surface area (Å²) >= 11 is 4.61. The van der Waals surface area contributed by atoms with Gasteiger partial charge in [-0.15, -0.1) is 0 Å². The summed E-state index contributed by atoms with van der Waals surface area (Å²) in [6.45, 7) is 1.92. The topological polar surface area (TPSA) is 68.9 Å². The first kappa shape index (κ1) is 14.0. The second-order valence-electron chi connectivity index (χ2n) is 3.87. The number of benzene rings is 1. The first-order valence-electron chi connectivity index (χ1n) is 5.40. The molecule has 0 aliphatic carbocycles. The molecule has 0 bridgehead atoms. The Labute approximate surface area is 122 Å².